The van der Waals surface area contributed by atoms with Crippen molar-refractivity contribution in [1.29, 1.82) is 0 Å². The van der Waals surface area contributed by atoms with Crippen LogP contribution in [0.2, 0.25) is 0 Å². The number of rotatable bonds is 9. The summed E-state index contributed by atoms with van der Waals surface area (Å²) in [4.78, 5) is 33.2. The Balaban J connectivity index is 1.62. The molecule has 1 aliphatic rings. The lowest BCUT2D eigenvalue weighted by atomic mass is 9.99. The number of piperazine rings is 1. The molecule has 6 heteroatoms. The number of carbonyl (C=O) groups excluding carboxylic acids is 1. The molecule has 1 amide bonds. The molecule has 1 fully saturated rings. The number of hydrogen-bond acceptors (Lipinski definition) is 4. The summed E-state index contributed by atoms with van der Waals surface area (Å²) in [7, 11) is 0. The number of para-hydroxylation sites is 1. The summed E-state index contributed by atoms with van der Waals surface area (Å²) in [5.41, 5.74) is 3.07. The van der Waals surface area contributed by atoms with Gasteiger partial charge in [-0.25, -0.2) is 0 Å². The summed E-state index contributed by atoms with van der Waals surface area (Å²) in [5.74, 6) is -0.148. The van der Waals surface area contributed by atoms with Crippen LogP contribution in [0.25, 0.3) is 16.5 Å². The largest absolute Gasteiger partial charge is 0.345 e. The summed E-state index contributed by atoms with van der Waals surface area (Å²) in [6.07, 6.45) is 1.89. The number of benzene rings is 3. The number of hydrogen-bond donors (Lipinski definition) is 1. The summed E-state index contributed by atoms with van der Waals surface area (Å²) in [5, 5.41) is 4.57. The van der Waals surface area contributed by atoms with E-state index in [0.717, 1.165) is 56.0 Å². The molecule has 3 aromatic carbocycles. The lowest BCUT2D eigenvalue weighted by Crippen LogP contribution is -2.49. The van der Waals surface area contributed by atoms with E-state index in [-0.39, 0.29) is 17.5 Å². The van der Waals surface area contributed by atoms with Gasteiger partial charge in [0.25, 0.3) is 11.5 Å². The van der Waals surface area contributed by atoms with Crippen molar-refractivity contribution in [2.75, 3.05) is 26.2 Å². The Morgan fingerprint density at radius 1 is 0.800 bits per heavy atom. The van der Waals surface area contributed by atoms with Crippen LogP contribution in [0.3, 0.4) is 0 Å². The number of amides is 1. The van der Waals surface area contributed by atoms with Crippen molar-refractivity contribution in [3.63, 3.8) is 0 Å². The normalized spacial score (nSPS) is 16.1. The van der Waals surface area contributed by atoms with E-state index in [1.807, 2.05) is 72.8 Å². The molecule has 1 aromatic heterocycles. The van der Waals surface area contributed by atoms with Crippen LogP contribution in [0.15, 0.2) is 89.7 Å². The molecule has 6 nitrogen and oxygen atoms in total. The lowest BCUT2D eigenvalue weighted by molar-refractivity contribution is 0.0908. The SMILES string of the molecule is CCC(C)N1CCN(Cc2c(C(=O)N[C@@H](CC)c3ccccc3)c3ccccc3c(=O)n2-c2ccccc2)CC1. The van der Waals surface area contributed by atoms with Crippen LogP contribution in [0.4, 0.5) is 0 Å². The van der Waals surface area contributed by atoms with Crippen LogP contribution in [0, 0.1) is 0 Å². The maximum atomic E-state index is 14.3. The first-order chi connectivity index (χ1) is 19.5. The second-order valence-electron chi connectivity index (χ2n) is 10.8. The first-order valence-corrected chi connectivity index (χ1v) is 14.6. The zero-order valence-corrected chi connectivity index (χ0v) is 23.8. The molecule has 208 valence electrons. The van der Waals surface area contributed by atoms with Gasteiger partial charge in [-0.15, -0.1) is 0 Å². The van der Waals surface area contributed by atoms with Crippen molar-refractivity contribution in [2.45, 2.75) is 52.2 Å². The fourth-order valence-corrected chi connectivity index (χ4v) is 5.82. The molecule has 1 aliphatic heterocycles. The zero-order chi connectivity index (χ0) is 28.1. The molecule has 1 saturated heterocycles. The molecule has 1 unspecified atom stereocenters. The standard InChI is InChI=1S/C34H40N4O2/c1-4-25(3)37-22-20-36(21-23-37)24-31-32(33(39)35-30(5-2)26-14-8-6-9-15-26)28-18-12-13-19-29(28)34(40)38(31)27-16-10-7-11-17-27/h6-19,25,30H,4-5,20-24H2,1-3H3,(H,35,39)/t25?,30-/m0/s1. The second kappa shape index (κ2) is 12.6. The number of fused-ring (bicyclic) bond motifs is 1. The third-order valence-electron chi connectivity index (χ3n) is 8.34. The minimum absolute atomic E-state index is 0.0957. The smallest absolute Gasteiger partial charge is 0.263 e. The highest BCUT2D eigenvalue weighted by atomic mass is 16.2. The number of carbonyl (C=O) groups is 1. The van der Waals surface area contributed by atoms with E-state index in [1.165, 1.54) is 0 Å². The van der Waals surface area contributed by atoms with Crippen LogP contribution in [-0.2, 0) is 6.54 Å². The minimum atomic E-state index is -0.148. The van der Waals surface area contributed by atoms with E-state index in [9.17, 15) is 9.59 Å². The maximum absolute atomic E-state index is 14.3. The van der Waals surface area contributed by atoms with Gasteiger partial charge in [0.15, 0.2) is 0 Å². The fourth-order valence-electron chi connectivity index (χ4n) is 5.82. The average molecular weight is 537 g/mol. The van der Waals surface area contributed by atoms with Crippen molar-refractivity contribution in [3.05, 3.63) is 112 Å². The van der Waals surface area contributed by atoms with Crippen LogP contribution in [0.5, 0.6) is 0 Å². The number of aromatic nitrogens is 1. The Labute approximate surface area is 237 Å². The zero-order valence-electron chi connectivity index (χ0n) is 23.8. The number of nitrogens with zero attached hydrogens (tertiary/aromatic N) is 3. The Morgan fingerprint density at radius 3 is 2.02 bits per heavy atom. The highest BCUT2D eigenvalue weighted by molar-refractivity contribution is 6.08. The van der Waals surface area contributed by atoms with E-state index in [1.54, 1.807) is 4.57 Å². The quantitative estimate of drug-likeness (QED) is 0.294. The van der Waals surface area contributed by atoms with Crippen molar-refractivity contribution >= 4 is 16.7 Å². The Kier molecular flexibility index (Phi) is 8.78. The van der Waals surface area contributed by atoms with E-state index >= 15 is 0 Å². The van der Waals surface area contributed by atoms with E-state index in [2.05, 4.69) is 48.0 Å². The molecule has 0 bridgehead atoms. The molecule has 0 aliphatic carbocycles. The molecule has 0 radical (unpaired) electrons. The highest BCUT2D eigenvalue weighted by Gasteiger charge is 2.27. The Morgan fingerprint density at radius 2 is 1.40 bits per heavy atom. The molecule has 1 N–H and O–H groups in total. The molecule has 0 saturated carbocycles. The molecule has 40 heavy (non-hydrogen) atoms. The van der Waals surface area contributed by atoms with Crippen LogP contribution >= 0.6 is 0 Å². The monoisotopic (exact) mass is 536 g/mol. The highest BCUT2D eigenvalue weighted by Crippen LogP contribution is 2.26. The third kappa shape index (κ3) is 5.74. The molecular formula is C34H40N4O2. The van der Waals surface area contributed by atoms with Gasteiger partial charge in [0, 0.05) is 55.2 Å². The van der Waals surface area contributed by atoms with E-state index in [0.29, 0.717) is 28.9 Å². The van der Waals surface area contributed by atoms with Gasteiger partial charge in [0.1, 0.15) is 0 Å². The summed E-state index contributed by atoms with van der Waals surface area (Å²) >= 11 is 0. The predicted molar refractivity (Wildman–Crippen MR) is 163 cm³/mol. The van der Waals surface area contributed by atoms with Crippen molar-refractivity contribution in [2.24, 2.45) is 0 Å². The summed E-state index contributed by atoms with van der Waals surface area (Å²) < 4.78 is 1.77. The molecule has 0 spiro atoms. The first kappa shape index (κ1) is 27.8. The molecule has 2 atom stereocenters. The molecule has 2 heterocycles. The van der Waals surface area contributed by atoms with Gasteiger partial charge >= 0.3 is 0 Å². The first-order valence-electron chi connectivity index (χ1n) is 14.6. The van der Waals surface area contributed by atoms with Gasteiger partial charge in [-0.3, -0.25) is 24.0 Å². The van der Waals surface area contributed by atoms with Gasteiger partial charge in [0.2, 0.25) is 0 Å². The number of nitrogens with one attached hydrogen (secondary N) is 1. The van der Waals surface area contributed by atoms with Crippen LogP contribution in [-0.4, -0.2) is 52.5 Å². The van der Waals surface area contributed by atoms with Gasteiger partial charge in [0.05, 0.1) is 17.3 Å². The minimum Gasteiger partial charge on any atom is -0.345 e. The lowest BCUT2D eigenvalue weighted by Gasteiger charge is -2.38. The van der Waals surface area contributed by atoms with Crippen LogP contribution < -0.4 is 10.9 Å². The Bertz CT molecular complexity index is 1490. The van der Waals surface area contributed by atoms with Gasteiger partial charge < -0.3 is 5.32 Å². The average Bonchev–Trinajstić information content (AvgIpc) is 3.01. The van der Waals surface area contributed by atoms with Crippen molar-refractivity contribution < 1.29 is 4.79 Å². The van der Waals surface area contributed by atoms with E-state index in [4.69, 9.17) is 0 Å². The second-order valence-corrected chi connectivity index (χ2v) is 10.8. The molecular weight excluding hydrogens is 496 g/mol. The Hall–Kier alpha value is -3.74. The van der Waals surface area contributed by atoms with Gasteiger partial charge in [-0.2, -0.15) is 0 Å². The fraction of sp³-hybridized carbons (Fsp3) is 0.353. The van der Waals surface area contributed by atoms with Gasteiger partial charge in [-0.05, 0) is 43.5 Å². The summed E-state index contributed by atoms with van der Waals surface area (Å²) in [6.45, 7) is 10.9. The van der Waals surface area contributed by atoms with Crippen molar-refractivity contribution in [1.82, 2.24) is 19.7 Å². The predicted octanol–water partition coefficient (Wildman–Crippen LogP) is 5.79. The van der Waals surface area contributed by atoms with Crippen LogP contribution in [0.1, 0.15) is 61.3 Å². The third-order valence-corrected chi connectivity index (χ3v) is 8.34. The molecule has 5 rings (SSSR count). The van der Waals surface area contributed by atoms with E-state index < -0.39 is 0 Å². The van der Waals surface area contributed by atoms with Crippen molar-refractivity contribution in [3.8, 4) is 5.69 Å². The maximum Gasteiger partial charge on any atom is 0.263 e. The molecule has 4 aromatic rings. The topological polar surface area (TPSA) is 57.6 Å². The van der Waals surface area contributed by atoms with Gasteiger partial charge in [-0.1, -0.05) is 80.6 Å². The number of pyridine rings is 1. The summed E-state index contributed by atoms with van der Waals surface area (Å²) in [6, 6.07) is 27.7.